The van der Waals surface area contributed by atoms with E-state index in [1.807, 2.05) is 6.08 Å². The average molecular weight is 304 g/mol. The van der Waals surface area contributed by atoms with Crippen LogP contribution in [0, 0.1) is 11.6 Å². The molecule has 0 bridgehead atoms. The van der Waals surface area contributed by atoms with E-state index in [2.05, 4.69) is 15.9 Å². The van der Waals surface area contributed by atoms with E-state index in [1.54, 1.807) is 0 Å². The van der Waals surface area contributed by atoms with Crippen LogP contribution in [0.4, 0.5) is 8.78 Å². The van der Waals surface area contributed by atoms with Crippen LogP contribution >= 0.6 is 15.9 Å². The SMILES string of the molecule is NC(C1=CCCCO1)c1ccc(F)c(F)c1Br. The lowest BCUT2D eigenvalue weighted by Crippen LogP contribution is -2.18. The van der Waals surface area contributed by atoms with Crippen LogP contribution in [0.25, 0.3) is 0 Å². The topological polar surface area (TPSA) is 35.2 Å². The van der Waals surface area contributed by atoms with Crippen molar-refractivity contribution >= 4 is 15.9 Å². The van der Waals surface area contributed by atoms with Gasteiger partial charge in [-0.1, -0.05) is 6.07 Å². The fraction of sp³-hybridized carbons (Fsp3) is 0.333. The summed E-state index contributed by atoms with van der Waals surface area (Å²) in [5, 5.41) is 0. The molecule has 0 fully saturated rings. The van der Waals surface area contributed by atoms with Crippen molar-refractivity contribution in [1.82, 2.24) is 0 Å². The van der Waals surface area contributed by atoms with E-state index in [0.29, 0.717) is 17.9 Å². The Hall–Kier alpha value is -0.940. The molecule has 0 saturated carbocycles. The third-order valence-electron chi connectivity index (χ3n) is 2.67. The second-order valence-electron chi connectivity index (χ2n) is 3.84. The summed E-state index contributed by atoms with van der Waals surface area (Å²) in [4.78, 5) is 0. The first-order chi connectivity index (χ1) is 8.11. The Morgan fingerprint density at radius 1 is 1.35 bits per heavy atom. The molecule has 1 aliphatic rings. The van der Waals surface area contributed by atoms with Crippen LogP contribution in [-0.4, -0.2) is 6.61 Å². The summed E-state index contributed by atoms with van der Waals surface area (Å²) in [6.07, 6.45) is 3.74. The monoisotopic (exact) mass is 303 g/mol. The quantitative estimate of drug-likeness (QED) is 0.850. The zero-order valence-electron chi connectivity index (χ0n) is 9.05. The van der Waals surface area contributed by atoms with Crippen LogP contribution in [0.15, 0.2) is 28.4 Å². The van der Waals surface area contributed by atoms with E-state index in [9.17, 15) is 8.78 Å². The van der Waals surface area contributed by atoms with E-state index in [0.717, 1.165) is 18.9 Å². The highest BCUT2D eigenvalue weighted by Crippen LogP contribution is 2.31. The number of ether oxygens (including phenoxy) is 1. The van der Waals surface area contributed by atoms with E-state index in [-0.39, 0.29) is 4.47 Å². The van der Waals surface area contributed by atoms with E-state index in [4.69, 9.17) is 10.5 Å². The molecule has 1 aliphatic heterocycles. The van der Waals surface area contributed by atoms with Gasteiger partial charge in [-0.15, -0.1) is 0 Å². The smallest absolute Gasteiger partial charge is 0.173 e. The molecule has 1 atom stereocenters. The van der Waals surface area contributed by atoms with Gasteiger partial charge in [0.25, 0.3) is 0 Å². The summed E-state index contributed by atoms with van der Waals surface area (Å²) in [6, 6.07) is 1.96. The highest BCUT2D eigenvalue weighted by atomic mass is 79.9. The lowest BCUT2D eigenvalue weighted by Gasteiger charge is -2.21. The largest absolute Gasteiger partial charge is 0.496 e. The maximum absolute atomic E-state index is 13.4. The van der Waals surface area contributed by atoms with Gasteiger partial charge in [0.05, 0.1) is 17.1 Å². The highest BCUT2D eigenvalue weighted by Gasteiger charge is 2.21. The van der Waals surface area contributed by atoms with Crippen LogP contribution in [0.5, 0.6) is 0 Å². The Morgan fingerprint density at radius 2 is 2.12 bits per heavy atom. The van der Waals surface area contributed by atoms with Crippen LogP contribution in [-0.2, 0) is 4.74 Å². The molecule has 0 aliphatic carbocycles. The standard InChI is InChI=1S/C12H12BrF2NO/c13-10-7(4-5-8(14)11(10)15)12(16)9-3-1-2-6-17-9/h3-5,12H,1-2,6,16H2. The Balaban J connectivity index is 2.34. The van der Waals surface area contributed by atoms with Gasteiger partial charge < -0.3 is 10.5 Å². The van der Waals surface area contributed by atoms with Crippen molar-refractivity contribution in [1.29, 1.82) is 0 Å². The number of hydrogen-bond acceptors (Lipinski definition) is 2. The van der Waals surface area contributed by atoms with Crippen LogP contribution < -0.4 is 5.73 Å². The fourth-order valence-electron chi connectivity index (χ4n) is 1.73. The highest BCUT2D eigenvalue weighted by molar-refractivity contribution is 9.10. The molecular weight excluding hydrogens is 292 g/mol. The molecule has 0 spiro atoms. The molecule has 0 aromatic heterocycles. The van der Waals surface area contributed by atoms with Gasteiger partial charge in [-0.3, -0.25) is 0 Å². The Labute approximate surface area is 107 Å². The Morgan fingerprint density at radius 3 is 2.76 bits per heavy atom. The molecule has 2 N–H and O–H groups in total. The minimum atomic E-state index is -0.922. The number of nitrogens with two attached hydrogens (primary N) is 1. The summed E-state index contributed by atoms with van der Waals surface area (Å²) < 4.78 is 31.8. The van der Waals surface area contributed by atoms with Crippen LogP contribution in [0.1, 0.15) is 24.4 Å². The second kappa shape index (κ2) is 5.14. The summed E-state index contributed by atoms with van der Waals surface area (Å²) in [5.41, 5.74) is 6.46. The van der Waals surface area contributed by atoms with Gasteiger partial charge in [0.1, 0.15) is 5.76 Å². The lowest BCUT2D eigenvalue weighted by atomic mass is 10.0. The number of hydrogen-bond donors (Lipinski definition) is 1. The average Bonchev–Trinajstić information content (AvgIpc) is 2.36. The van der Waals surface area contributed by atoms with Crippen molar-refractivity contribution < 1.29 is 13.5 Å². The zero-order valence-corrected chi connectivity index (χ0v) is 10.6. The van der Waals surface area contributed by atoms with Gasteiger partial charge in [0, 0.05) is 0 Å². The van der Waals surface area contributed by atoms with Crippen molar-refractivity contribution in [3.8, 4) is 0 Å². The molecule has 1 aromatic rings. The van der Waals surface area contributed by atoms with Gasteiger partial charge in [0.15, 0.2) is 11.6 Å². The van der Waals surface area contributed by atoms with Gasteiger partial charge in [-0.2, -0.15) is 0 Å². The van der Waals surface area contributed by atoms with E-state index < -0.39 is 17.7 Å². The predicted molar refractivity (Wildman–Crippen MR) is 64.3 cm³/mol. The first-order valence-corrected chi connectivity index (χ1v) is 6.12. The maximum atomic E-state index is 13.4. The third-order valence-corrected chi connectivity index (χ3v) is 3.48. The Kier molecular flexibility index (Phi) is 3.79. The third kappa shape index (κ3) is 2.50. The summed E-state index contributed by atoms with van der Waals surface area (Å²) in [7, 11) is 0. The van der Waals surface area contributed by atoms with Crippen molar-refractivity contribution in [3.63, 3.8) is 0 Å². The molecule has 2 nitrogen and oxygen atoms in total. The molecule has 2 rings (SSSR count). The number of allylic oxidation sites excluding steroid dienone is 1. The molecule has 1 aromatic carbocycles. The molecule has 0 amide bonds. The second-order valence-corrected chi connectivity index (χ2v) is 4.63. The molecule has 0 saturated heterocycles. The number of halogens is 3. The number of benzene rings is 1. The minimum absolute atomic E-state index is 0.0556. The predicted octanol–water partition coefficient (Wildman–Crippen LogP) is 3.42. The van der Waals surface area contributed by atoms with Crippen LogP contribution in [0.3, 0.4) is 0 Å². The fourth-order valence-corrected chi connectivity index (χ4v) is 2.30. The van der Waals surface area contributed by atoms with E-state index in [1.165, 1.54) is 6.07 Å². The van der Waals surface area contributed by atoms with Crippen LogP contribution in [0.2, 0.25) is 0 Å². The first-order valence-electron chi connectivity index (χ1n) is 5.33. The lowest BCUT2D eigenvalue weighted by molar-refractivity contribution is 0.175. The molecule has 1 heterocycles. The number of rotatable bonds is 2. The normalized spacial score (nSPS) is 17.3. The maximum Gasteiger partial charge on any atom is 0.173 e. The zero-order chi connectivity index (χ0) is 12.4. The molecule has 17 heavy (non-hydrogen) atoms. The first kappa shape index (κ1) is 12.5. The van der Waals surface area contributed by atoms with Gasteiger partial charge in [-0.25, -0.2) is 8.78 Å². The molecule has 5 heteroatoms. The summed E-state index contributed by atoms with van der Waals surface area (Å²) >= 11 is 3.02. The molecule has 92 valence electrons. The van der Waals surface area contributed by atoms with Gasteiger partial charge >= 0.3 is 0 Å². The van der Waals surface area contributed by atoms with Gasteiger partial charge in [-0.05, 0) is 46.5 Å². The van der Waals surface area contributed by atoms with E-state index >= 15 is 0 Å². The molecular formula is C12H12BrF2NO. The molecule has 1 unspecified atom stereocenters. The summed E-state index contributed by atoms with van der Waals surface area (Å²) in [6.45, 7) is 0.612. The summed E-state index contributed by atoms with van der Waals surface area (Å²) in [5.74, 6) is -1.20. The molecule has 0 radical (unpaired) electrons. The van der Waals surface area contributed by atoms with Crippen molar-refractivity contribution in [2.24, 2.45) is 5.73 Å². The van der Waals surface area contributed by atoms with Crippen molar-refractivity contribution in [2.45, 2.75) is 18.9 Å². The van der Waals surface area contributed by atoms with Crippen molar-refractivity contribution in [2.75, 3.05) is 6.61 Å². The Bertz CT molecular complexity index is 462. The minimum Gasteiger partial charge on any atom is -0.496 e. The van der Waals surface area contributed by atoms with Crippen molar-refractivity contribution in [3.05, 3.63) is 45.6 Å². The van der Waals surface area contributed by atoms with Gasteiger partial charge in [0.2, 0.25) is 0 Å².